The minimum Gasteiger partial charge on any atom is -0.369 e. The van der Waals surface area contributed by atoms with Crippen molar-refractivity contribution in [3.05, 3.63) is 18.6 Å². The maximum atomic E-state index is 6.35. The Balaban J connectivity index is 1.55. The largest absolute Gasteiger partial charge is 0.369 e. The minimum atomic E-state index is -0.546. The number of hydrogen-bond donors (Lipinski definition) is 1. The summed E-state index contributed by atoms with van der Waals surface area (Å²) >= 11 is 0. The number of hydrogen-bond acceptors (Lipinski definition) is 6. The Hall–Kier alpha value is -2.03. The maximum absolute atomic E-state index is 6.35. The van der Waals surface area contributed by atoms with Crippen LogP contribution in [0.4, 0.5) is 5.82 Å². The third kappa shape index (κ3) is 2.58. The predicted molar refractivity (Wildman–Crippen MR) is 102 cm³/mol. The van der Waals surface area contributed by atoms with Gasteiger partial charge in [0.25, 0.3) is 0 Å². The molecule has 8 nitrogen and oxygen atoms in total. The van der Waals surface area contributed by atoms with Crippen molar-refractivity contribution >= 4 is 23.2 Å². The number of fused-ring (bicyclic) bond motifs is 3. The smallest absolute Gasteiger partial charge is 0.166 e. The molecule has 0 unspecified atom stereocenters. The molecule has 2 aliphatic heterocycles. The molecule has 0 radical (unpaired) electrons. The molecule has 3 atom stereocenters. The van der Waals surface area contributed by atoms with E-state index < -0.39 is 5.79 Å². The van der Waals surface area contributed by atoms with E-state index in [4.69, 9.17) is 9.47 Å². The van der Waals surface area contributed by atoms with Crippen LogP contribution < -0.4 is 5.32 Å². The molecule has 4 heterocycles. The van der Waals surface area contributed by atoms with Crippen LogP contribution >= 0.6 is 0 Å². The van der Waals surface area contributed by atoms with Crippen molar-refractivity contribution in [3.8, 4) is 0 Å². The molecule has 3 fully saturated rings. The lowest BCUT2D eigenvalue weighted by Crippen LogP contribution is -2.58. The fourth-order valence-corrected chi connectivity index (χ4v) is 4.74. The molecule has 144 valence electrons. The second-order valence-corrected chi connectivity index (χ2v) is 8.62. The van der Waals surface area contributed by atoms with Crippen molar-refractivity contribution in [2.45, 2.75) is 44.3 Å². The van der Waals surface area contributed by atoms with Crippen molar-refractivity contribution in [3.63, 3.8) is 0 Å². The summed E-state index contributed by atoms with van der Waals surface area (Å²) in [5.74, 6) is 0.140. The number of nitrogens with one attached hydrogen (secondary N) is 1. The van der Waals surface area contributed by atoms with Crippen molar-refractivity contribution < 1.29 is 9.47 Å². The summed E-state index contributed by atoms with van der Waals surface area (Å²) in [5, 5.41) is 4.39. The summed E-state index contributed by atoms with van der Waals surface area (Å²) < 4.78 is 14.9. The van der Waals surface area contributed by atoms with Gasteiger partial charge in [-0.05, 0) is 26.3 Å². The molecule has 1 spiro atoms. The zero-order chi connectivity index (χ0) is 18.8. The van der Waals surface area contributed by atoms with E-state index in [0.717, 1.165) is 30.5 Å². The molecular weight excluding hydrogens is 344 g/mol. The van der Waals surface area contributed by atoms with Gasteiger partial charge in [-0.15, -0.1) is 0 Å². The summed E-state index contributed by atoms with van der Waals surface area (Å²) in [4.78, 5) is 15.3. The molecule has 0 bridgehead atoms. The van der Waals surface area contributed by atoms with Gasteiger partial charge in [-0.3, -0.25) is 0 Å². The Labute approximate surface area is 158 Å². The van der Waals surface area contributed by atoms with Crippen LogP contribution in [-0.4, -0.2) is 71.0 Å². The first-order chi connectivity index (χ1) is 12.9. The van der Waals surface area contributed by atoms with Crippen LogP contribution in [0.25, 0.3) is 11.0 Å². The molecule has 1 aliphatic carbocycles. The lowest BCUT2D eigenvalue weighted by atomic mass is 9.78. The van der Waals surface area contributed by atoms with Gasteiger partial charge in [0, 0.05) is 38.8 Å². The Morgan fingerprint density at radius 3 is 2.81 bits per heavy atom. The molecule has 1 N–H and O–H groups in total. The van der Waals surface area contributed by atoms with Gasteiger partial charge < -0.3 is 24.3 Å². The number of ether oxygens (including phenoxy) is 2. The van der Waals surface area contributed by atoms with Gasteiger partial charge in [-0.1, -0.05) is 0 Å². The zero-order valence-electron chi connectivity index (χ0n) is 16.2. The number of rotatable bonds is 3. The van der Waals surface area contributed by atoms with Gasteiger partial charge in [0.05, 0.1) is 23.9 Å². The van der Waals surface area contributed by atoms with Crippen LogP contribution in [0.1, 0.15) is 26.3 Å². The highest BCUT2D eigenvalue weighted by molar-refractivity contribution is 5.87. The van der Waals surface area contributed by atoms with Crippen LogP contribution in [0.2, 0.25) is 0 Å². The van der Waals surface area contributed by atoms with E-state index in [2.05, 4.69) is 37.1 Å². The third-order valence-electron chi connectivity index (χ3n) is 5.94. The summed E-state index contributed by atoms with van der Waals surface area (Å²) in [5.41, 5.74) is 1.05. The van der Waals surface area contributed by atoms with Gasteiger partial charge in [0.1, 0.15) is 18.1 Å². The van der Waals surface area contributed by atoms with Gasteiger partial charge in [-0.25, -0.2) is 15.0 Å². The minimum absolute atomic E-state index is 0.0291. The van der Waals surface area contributed by atoms with E-state index in [-0.39, 0.29) is 23.7 Å². The predicted octanol–water partition coefficient (Wildman–Crippen LogP) is 1.71. The summed E-state index contributed by atoms with van der Waals surface area (Å²) in [6.45, 7) is 5.98. The van der Waals surface area contributed by atoms with E-state index in [1.807, 2.05) is 32.8 Å². The molecule has 1 saturated carbocycles. The Bertz CT molecular complexity index is 901. The molecule has 27 heavy (non-hydrogen) atoms. The van der Waals surface area contributed by atoms with Gasteiger partial charge in [-0.2, -0.15) is 0 Å². The molecule has 2 saturated heterocycles. The van der Waals surface area contributed by atoms with Gasteiger partial charge in [0.15, 0.2) is 11.6 Å². The fourth-order valence-electron chi connectivity index (χ4n) is 4.74. The lowest BCUT2D eigenvalue weighted by molar-refractivity contribution is -0.173. The second-order valence-electron chi connectivity index (χ2n) is 8.62. The highest BCUT2D eigenvalue weighted by atomic mass is 16.8. The van der Waals surface area contributed by atoms with Crippen molar-refractivity contribution in [2.75, 3.05) is 27.2 Å². The number of aromatic nitrogens is 3. The lowest BCUT2D eigenvalue weighted by Gasteiger charge is -2.43. The Kier molecular flexibility index (Phi) is 3.63. The van der Waals surface area contributed by atoms with E-state index in [1.54, 1.807) is 12.7 Å². The summed E-state index contributed by atoms with van der Waals surface area (Å²) in [6.07, 6.45) is 6.61. The molecule has 8 heteroatoms. The van der Waals surface area contributed by atoms with Crippen molar-refractivity contribution in [2.24, 2.45) is 10.4 Å². The normalized spacial score (nSPS) is 30.9. The zero-order valence-corrected chi connectivity index (χ0v) is 16.2. The standard InChI is InChI=1S/C19H26N6O2/c1-18(2)26-14-13(7-19(8-20-9-19)15(14)27-18)25-6-5-12-16(23-11-24(3)4)21-10-22-17(12)25/h5-6,10-11,13-15,20H,7-9H2,1-4H3/t13-,14+,15+/m1/s1. The summed E-state index contributed by atoms with van der Waals surface area (Å²) in [6, 6.07) is 2.24. The molecule has 5 rings (SSSR count). The molecule has 0 amide bonds. The molecule has 3 aliphatic rings. The first-order valence-corrected chi connectivity index (χ1v) is 9.47. The maximum Gasteiger partial charge on any atom is 0.166 e. The first-order valence-electron chi connectivity index (χ1n) is 9.47. The molecular formula is C19H26N6O2. The fraction of sp³-hybridized carbons (Fsp3) is 0.632. The highest BCUT2D eigenvalue weighted by Gasteiger charge is 2.63. The van der Waals surface area contributed by atoms with Crippen LogP contribution in [0, 0.1) is 5.41 Å². The SMILES string of the molecule is CN(C)C=Nc1ncnc2c1ccn2[C@@H]1CC2(CNC2)[C@H]2OC(C)(C)O[C@@H]12. The van der Waals surface area contributed by atoms with Crippen LogP contribution in [0.3, 0.4) is 0 Å². The van der Waals surface area contributed by atoms with Gasteiger partial charge >= 0.3 is 0 Å². The number of aliphatic imine (C=N–C) groups is 1. The first kappa shape index (κ1) is 17.1. The number of nitrogens with zero attached hydrogens (tertiary/aromatic N) is 5. The van der Waals surface area contributed by atoms with Gasteiger partial charge in [0.2, 0.25) is 0 Å². The summed E-state index contributed by atoms with van der Waals surface area (Å²) in [7, 11) is 3.88. The molecule has 2 aromatic heterocycles. The van der Waals surface area contributed by atoms with E-state index in [9.17, 15) is 0 Å². The van der Waals surface area contributed by atoms with E-state index >= 15 is 0 Å². The third-order valence-corrected chi connectivity index (χ3v) is 5.94. The average Bonchev–Trinajstić information content (AvgIpc) is 3.21. The van der Waals surface area contributed by atoms with Crippen molar-refractivity contribution in [1.82, 2.24) is 24.8 Å². The highest BCUT2D eigenvalue weighted by Crippen LogP contribution is 2.55. The van der Waals surface area contributed by atoms with Crippen LogP contribution in [0.5, 0.6) is 0 Å². The van der Waals surface area contributed by atoms with E-state index in [1.165, 1.54) is 0 Å². The van der Waals surface area contributed by atoms with E-state index in [0.29, 0.717) is 5.82 Å². The monoisotopic (exact) mass is 370 g/mol. The second kappa shape index (κ2) is 5.73. The molecule has 2 aromatic rings. The Morgan fingerprint density at radius 2 is 2.11 bits per heavy atom. The van der Waals surface area contributed by atoms with Crippen molar-refractivity contribution in [1.29, 1.82) is 0 Å². The van der Waals surface area contributed by atoms with Crippen LogP contribution in [-0.2, 0) is 9.47 Å². The van der Waals surface area contributed by atoms with Crippen LogP contribution in [0.15, 0.2) is 23.6 Å². The Morgan fingerprint density at radius 1 is 1.30 bits per heavy atom. The topological polar surface area (TPSA) is 76.8 Å². The molecule has 0 aromatic carbocycles. The quantitative estimate of drug-likeness (QED) is 0.655. The average molecular weight is 370 g/mol.